The molecule has 2 aromatic heterocycles. The quantitative estimate of drug-likeness (QED) is 0.202. The van der Waals surface area contributed by atoms with Crippen LogP contribution in [0.1, 0.15) is 15.9 Å². The van der Waals surface area contributed by atoms with Gasteiger partial charge in [0.25, 0.3) is 0 Å². The van der Waals surface area contributed by atoms with Crippen LogP contribution in [0.3, 0.4) is 0 Å². The fourth-order valence-electron chi connectivity index (χ4n) is 3.58. The SMILES string of the molecule is COc1cc(Nc2ncccc2/C=C/C(=O)c2cccnc2Nc2ccc(F)cc2)cc(OC)c1OC. The second-order valence-corrected chi connectivity index (χ2v) is 7.71. The van der Waals surface area contributed by atoms with E-state index in [-0.39, 0.29) is 11.6 Å². The highest BCUT2D eigenvalue weighted by molar-refractivity contribution is 6.10. The van der Waals surface area contributed by atoms with E-state index in [4.69, 9.17) is 14.2 Å². The number of ether oxygens (including phenoxy) is 3. The first-order chi connectivity index (χ1) is 18.0. The fourth-order valence-corrected chi connectivity index (χ4v) is 3.58. The van der Waals surface area contributed by atoms with Crippen LogP contribution in [0.4, 0.5) is 27.4 Å². The number of ketones is 1. The highest BCUT2D eigenvalue weighted by Crippen LogP contribution is 2.40. The summed E-state index contributed by atoms with van der Waals surface area (Å²) in [5.74, 6) is 1.74. The number of benzene rings is 2. The zero-order chi connectivity index (χ0) is 26.2. The standard InChI is InChI=1S/C28H25FN4O4/c1-35-24-16-21(17-25(36-2)26(24)37-3)33-27-18(6-4-14-30-27)8-13-23(34)22-7-5-15-31-28(22)32-20-11-9-19(29)10-12-20/h4-17H,1-3H3,(H,30,33)(H,31,32)/b13-8+. The van der Waals surface area contributed by atoms with E-state index >= 15 is 0 Å². The Morgan fingerprint density at radius 2 is 1.43 bits per heavy atom. The number of anilines is 4. The number of hydrogen-bond acceptors (Lipinski definition) is 8. The molecule has 0 spiro atoms. The van der Waals surface area contributed by atoms with E-state index in [0.29, 0.717) is 51.4 Å². The maximum Gasteiger partial charge on any atom is 0.203 e. The molecule has 0 atom stereocenters. The Morgan fingerprint density at radius 1 is 0.811 bits per heavy atom. The molecular weight excluding hydrogens is 475 g/mol. The molecule has 0 radical (unpaired) electrons. The van der Waals surface area contributed by atoms with Gasteiger partial charge in [-0.25, -0.2) is 14.4 Å². The molecule has 2 heterocycles. The third kappa shape index (κ3) is 6.02. The third-order valence-electron chi connectivity index (χ3n) is 5.36. The molecule has 8 nitrogen and oxygen atoms in total. The molecule has 0 aliphatic heterocycles. The normalized spacial score (nSPS) is 10.7. The molecule has 188 valence electrons. The van der Waals surface area contributed by atoms with Crippen molar-refractivity contribution in [1.29, 1.82) is 0 Å². The minimum atomic E-state index is -0.349. The topological polar surface area (TPSA) is 94.6 Å². The molecule has 0 saturated carbocycles. The molecule has 0 amide bonds. The van der Waals surface area contributed by atoms with Crippen LogP contribution in [0.15, 0.2) is 79.1 Å². The van der Waals surface area contributed by atoms with Crippen molar-refractivity contribution in [1.82, 2.24) is 9.97 Å². The lowest BCUT2D eigenvalue weighted by molar-refractivity contribution is 0.104. The monoisotopic (exact) mass is 500 g/mol. The summed E-state index contributed by atoms with van der Waals surface area (Å²) in [5.41, 5.74) is 2.32. The Hall–Kier alpha value is -4.92. The number of hydrogen-bond donors (Lipinski definition) is 2. The summed E-state index contributed by atoms with van der Waals surface area (Å²) < 4.78 is 29.5. The van der Waals surface area contributed by atoms with Crippen LogP contribution in [0.2, 0.25) is 0 Å². The summed E-state index contributed by atoms with van der Waals surface area (Å²) in [5, 5.41) is 6.30. The van der Waals surface area contributed by atoms with Gasteiger partial charge in [-0.15, -0.1) is 0 Å². The zero-order valence-electron chi connectivity index (χ0n) is 20.5. The molecule has 0 saturated heterocycles. The number of methoxy groups -OCH3 is 3. The Labute approximate surface area is 213 Å². The van der Waals surface area contributed by atoms with E-state index in [2.05, 4.69) is 20.6 Å². The molecule has 0 aliphatic carbocycles. The maximum absolute atomic E-state index is 13.2. The first-order valence-electron chi connectivity index (χ1n) is 11.2. The number of halogens is 1. The Balaban J connectivity index is 1.57. The van der Waals surface area contributed by atoms with Gasteiger partial charge in [-0.05, 0) is 60.7 Å². The van der Waals surface area contributed by atoms with Crippen molar-refractivity contribution in [3.63, 3.8) is 0 Å². The molecule has 0 unspecified atom stereocenters. The molecule has 2 aromatic carbocycles. The van der Waals surface area contributed by atoms with E-state index < -0.39 is 0 Å². The largest absolute Gasteiger partial charge is 0.493 e. The van der Waals surface area contributed by atoms with Crippen LogP contribution in [0.25, 0.3) is 6.08 Å². The first kappa shape index (κ1) is 25.2. The highest BCUT2D eigenvalue weighted by Gasteiger charge is 2.15. The van der Waals surface area contributed by atoms with Crippen molar-refractivity contribution < 1.29 is 23.4 Å². The maximum atomic E-state index is 13.2. The lowest BCUT2D eigenvalue weighted by Crippen LogP contribution is -2.04. The number of allylic oxidation sites excluding steroid dienone is 1. The average molecular weight is 501 g/mol. The Morgan fingerprint density at radius 3 is 2.08 bits per heavy atom. The van der Waals surface area contributed by atoms with Crippen LogP contribution in [0, 0.1) is 5.82 Å². The lowest BCUT2D eigenvalue weighted by Gasteiger charge is -2.15. The average Bonchev–Trinajstić information content (AvgIpc) is 2.93. The van der Waals surface area contributed by atoms with Crippen molar-refractivity contribution in [3.8, 4) is 17.2 Å². The molecule has 9 heteroatoms. The van der Waals surface area contributed by atoms with Crippen LogP contribution in [-0.4, -0.2) is 37.1 Å². The summed E-state index contributed by atoms with van der Waals surface area (Å²) >= 11 is 0. The van der Waals surface area contributed by atoms with E-state index in [0.717, 1.165) is 0 Å². The van der Waals surface area contributed by atoms with Gasteiger partial charge in [0, 0.05) is 41.5 Å². The summed E-state index contributed by atoms with van der Waals surface area (Å²) in [4.78, 5) is 21.8. The van der Waals surface area contributed by atoms with Crippen LogP contribution < -0.4 is 24.8 Å². The van der Waals surface area contributed by atoms with Gasteiger partial charge in [0.2, 0.25) is 5.75 Å². The van der Waals surface area contributed by atoms with E-state index in [1.165, 1.54) is 25.3 Å². The predicted octanol–water partition coefficient (Wildman–Crippen LogP) is 6.02. The van der Waals surface area contributed by atoms with Gasteiger partial charge >= 0.3 is 0 Å². The van der Waals surface area contributed by atoms with Crippen LogP contribution in [-0.2, 0) is 0 Å². The van der Waals surface area contributed by atoms with Gasteiger partial charge in [0.15, 0.2) is 17.3 Å². The summed E-state index contributed by atoms with van der Waals surface area (Å²) in [7, 11) is 4.62. The molecule has 0 bridgehead atoms. The Bertz CT molecular complexity index is 1400. The van der Waals surface area contributed by atoms with Gasteiger partial charge < -0.3 is 24.8 Å². The van der Waals surface area contributed by atoms with Gasteiger partial charge in [-0.2, -0.15) is 0 Å². The first-order valence-corrected chi connectivity index (χ1v) is 11.2. The molecule has 4 aromatic rings. The van der Waals surface area contributed by atoms with Crippen molar-refractivity contribution in [3.05, 3.63) is 96.1 Å². The summed E-state index contributed by atoms with van der Waals surface area (Å²) in [6.07, 6.45) is 6.34. The van der Waals surface area contributed by atoms with Gasteiger partial charge in [0.1, 0.15) is 17.5 Å². The van der Waals surface area contributed by atoms with Gasteiger partial charge in [-0.3, -0.25) is 4.79 Å². The molecule has 2 N–H and O–H groups in total. The molecule has 0 aliphatic rings. The second kappa shape index (κ2) is 11.7. The number of aromatic nitrogens is 2. The minimum absolute atomic E-state index is 0.264. The Kier molecular flexibility index (Phi) is 7.95. The van der Waals surface area contributed by atoms with Crippen molar-refractivity contribution in [2.24, 2.45) is 0 Å². The zero-order valence-corrected chi connectivity index (χ0v) is 20.5. The highest BCUT2D eigenvalue weighted by atomic mass is 19.1. The van der Waals surface area contributed by atoms with Crippen LogP contribution >= 0.6 is 0 Å². The van der Waals surface area contributed by atoms with Gasteiger partial charge in [0.05, 0.1) is 26.9 Å². The number of nitrogens with zero attached hydrogens (tertiary/aromatic N) is 2. The van der Waals surface area contributed by atoms with E-state index in [1.54, 1.807) is 75.2 Å². The third-order valence-corrected chi connectivity index (χ3v) is 5.36. The number of nitrogens with one attached hydrogen (secondary N) is 2. The molecule has 4 rings (SSSR count). The van der Waals surface area contributed by atoms with Crippen LogP contribution in [0.5, 0.6) is 17.2 Å². The van der Waals surface area contributed by atoms with Crippen molar-refractivity contribution in [2.75, 3.05) is 32.0 Å². The van der Waals surface area contributed by atoms with E-state index in [9.17, 15) is 9.18 Å². The number of carbonyl (C=O) groups is 1. The summed E-state index contributed by atoms with van der Waals surface area (Å²) in [6, 6.07) is 16.3. The van der Waals surface area contributed by atoms with Gasteiger partial charge in [-0.1, -0.05) is 0 Å². The van der Waals surface area contributed by atoms with E-state index in [1.807, 2.05) is 6.07 Å². The minimum Gasteiger partial charge on any atom is -0.493 e. The number of rotatable bonds is 10. The molecule has 37 heavy (non-hydrogen) atoms. The smallest absolute Gasteiger partial charge is 0.203 e. The van der Waals surface area contributed by atoms with Crippen molar-refractivity contribution >= 4 is 34.9 Å². The van der Waals surface area contributed by atoms with Crippen molar-refractivity contribution in [2.45, 2.75) is 0 Å². The number of pyridine rings is 2. The molecular formula is C28H25FN4O4. The fraction of sp³-hybridized carbons (Fsp3) is 0.107. The lowest BCUT2D eigenvalue weighted by atomic mass is 10.1. The molecule has 0 fully saturated rings. The summed E-state index contributed by atoms with van der Waals surface area (Å²) in [6.45, 7) is 0. The second-order valence-electron chi connectivity index (χ2n) is 7.71. The number of carbonyl (C=O) groups excluding carboxylic acids is 1. The predicted molar refractivity (Wildman–Crippen MR) is 141 cm³/mol.